The molecule has 8 heteroatoms. The van der Waals surface area contributed by atoms with E-state index in [1.165, 1.54) is 0 Å². The van der Waals surface area contributed by atoms with Crippen molar-refractivity contribution in [1.29, 1.82) is 0 Å². The summed E-state index contributed by atoms with van der Waals surface area (Å²) in [4.78, 5) is 34.9. The first-order valence-electron chi connectivity index (χ1n) is 7.65. The maximum absolute atomic E-state index is 12.1. The molecule has 0 aromatic heterocycles. The van der Waals surface area contributed by atoms with Gasteiger partial charge in [-0.2, -0.15) is 0 Å². The Bertz CT molecular complexity index is 605. The molecule has 0 spiro atoms. The third-order valence-corrected chi connectivity index (χ3v) is 4.44. The van der Waals surface area contributed by atoms with Crippen molar-refractivity contribution >= 4 is 33.7 Å². The molecule has 1 aliphatic rings. The highest BCUT2D eigenvalue weighted by atomic mass is 79.9. The number of halogens is 1. The average molecular weight is 398 g/mol. The monoisotopic (exact) mass is 397 g/mol. The molecule has 0 bridgehead atoms. The van der Waals surface area contributed by atoms with Gasteiger partial charge in [-0.15, -0.1) is 0 Å². The molecule has 1 aromatic rings. The fourth-order valence-electron chi connectivity index (χ4n) is 2.67. The molecular weight excluding hydrogens is 380 g/mol. The normalized spacial score (nSPS) is 20.0. The van der Waals surface area contributed by atoms with Crippen LogP contribution in [0, 0.1) is 11.8 Å². The fourth-order valence-corrected chi connectivity index (χ4v) is 2.93. The summed E-state index contributed by atoms with van der Waals surface area (Å²) in [6, 6.07) is 6.95. The quantitative estimate of drug-likeness (QED) is 0.704. The topological polar surface area (TPSA) is 108 Å². The second kappa shape index (κ2) is 8.68. The first-order chi connectivity index (χ1) is 11.5. The van der Waals surface area contributed by atoms with Crippen LogP contribution in [0.5, 0.6) is 5.75 Å². The molecular formula is C16H18BrN2O5-. The Balaban J connectivity index is 1.77. The van der Waals surface area contributed by atoms with Crippen LogP contribution in [0.25, 0.3) is 0 Å². The number of amides is 2. The standard InChI is InChI=1S/C16H19BrN2O5/c17-10-5-7-11(8-6-10)24-9-14(20)18-19-15(21)12-3-1-2-4-13(12)16(22)23/h5-8,12-13H,1-4,9H2,(H,18,20)(H,19,21)(H,22,23)/p-1/t12-,13+/m0/s1. The van der Waals surface area contributed by atoms with E-state index in [9.17, 15) is 19.5 Å². The van der Waals surface area contributed by atoms with Crippen molar-refractivity contribution in [2.75, 3.05) is 6.61 Å². The summed E-state index contributed by atoms with van der Waals surface area (Å²) in [7, 11) is 0. The van der Waals surface area contributed by atoms with Crippen LogP contribution >= 0.6 is 15.9 Å². The molecule has 2 amide bonds. The third-order valence-electron chi connectivity index (χ3n) is 3.91. The Morgan fingerprint density at radius 1 is 1.08 bits per heavy atom. The summed E-state index contributed by atoms with van der Waals surface area (Å²) in [5.41, 5.74) is 4.50. The largest absolute Gasteiger partial charge is 0.550 e. The van der Waals surface area contributed by atoms with Crippen molar-refractivity contribution in [2.24, 2.45) is 11.8 Å². The van der Waals surface area contributed by atoms with Crippen LogP contribution in [-0.2, 0) is 14.4 Å². The molecule has 1 aromatic carbocycles. The van der Waals surface area contributed by atoms with Crippen LogP contribution in [0.2, 0.25) is 0 Å². The number of hydrogen-bond donors (Lipinski definition) is 2. The molecule has 7 nitrogen and oxygen atoms in total. The van der Waals surface area contributed by atoms with E-state index in [4.69, 9.17) is 4.74 Å². The number of ether oxygens (including phenoxy) is 1. The van der Waals surface area contributed by atoms with Crippen molar-refractivity contribution in [3.05, 3.63) is 28.7 Å². The van der Waals surface area contributed by atoms with Crippen molar-refractivity contribution in [2.45, 2.75) is 25.7 Å². The lowest BCUT2D eigenvalue weighted by atomic mass is 9.79. The highest BCUT2D eigenvalue weighted by Gasteiger charge is 2.31. The Kier molecular flexibility index (Phi) is 6.60. The van der Waals surface area contributed by atoms with Gasteiger partial charge in [-0.3, -0.25) is 20.4 Å². The highest BCUT2D eigenvalue weighted by molar-refractivity contribution is 9.10. The number of nitrogens with one attached hydrogen (secondary N) is 2. The number of carboxylic acids is 1. The van der Waals surface area contributed by atoms with E-state index < -0.39 is 29.6 Å². The summed E-state index contributed by atoms with van der Waals surface area (Å²) in [6.45, 7) is -0.267. The lowest BCUT2D eigenvalue weighted by Gasteiger charge is -2.31. The summed E-state index contributed by atoms with van der Waals surface area (Å²) < 4.78 is 6.16. The van der Waals surface area contributed by atoms with Gasteiger partial charge in [-0.1, -0.05) is 28.8 Å². The Morgan fingerprint density at radius 2 is 1.71 bits per heavy atom. The van der Waals surface area contributed by atoms with Crippen LogP contribution < -0.4 is 20.7 Å². The van der Waals surface area contributed by atoms with Gasteiger partial charge in [0.15, 0.2) is 6.61 Å². The zero-order valence-corrected chi connectivity index (χ0v) is 14.5. The fraction of sp³-hybridized carbons (Fsp3) is 0.438. The number of rotatable bonds is 5. The van der Waals surface area contributed by atoms with Crippen LogP contribution in [0.1, 0.15) is 25.7 Å². The van der Waals surface area contributed by atoms with Gasteiger partial charge < -0.3 is 14.6 Å². The molecule has 0 heterocycles. The first kappa shape index (κ1) is 18.3. The smallest absolute Gasteiger partial charge is 0.276 e. The van der Waals surface area contributed by atoms with Gasteiger partial charge in [0.2, 0.25) is 5.91 Å². The Hall–Kier alpha value is -2.09. The molecule has 0 radical (unpaired) electrons. The van der Waals surface area contributed by atoms with Crippen molar-refractivity contribution < 1.29 is 24.2 Å². The lowest BCUT2D eigenvalue weighted by molar-refractivity contribution is -0.314. The van der Waals surface area contributed by atoms with Gasteiger partial charge in [-0.25, -0.2) is 0 Å². The molecule has 2 N–H and O–H groups in total. The Labute approximate surface area is 147 Å². The van der Waals surface area contributed by atoms with Crippen molar-refractivity contribution in [3.8, 4) is 5.75 Å². The van der Waals surface area contributed by atoms with Gasteiger partial charge in [0, 0.05) is 22.3 Å². The summed E-state index contributed by atoms with van der Waals surface area (Å²) in [5, 5.41) is 11.1. The van der Waals surface area contributed by atoms with Crippen LogP contribution in [0.3, 0.4) is 0 Å². The van der Waals surface area contributed by atoms with Gasteiger partial charge in [0.05, 0.1) is 0 Å². The summed E-state index contributed by atoms with van der Waals surface area (Å²) >= 11 is 3.29. The van der Waals surface area contributed by atoms with E-state index in [1.54, 1.807) is 24.3 Å². The number of benzene rings is 1. The molecule has 1 saturated carbocycles. The average Bonchev–Trinajstić information content (AvgIpc) is 2.59. The minimum atomic E-state index is -1.22. The van der Waals surface area contributed by atoms with E-state index in [2.05, 4.69) is 26.8 Å². The number of hydrazine groups is 1. The molecule has 0 saturated heterocycles. The second-order valence-electron chi connectivity index (χ2n) is 5.60. The summed E-state index contributed by atoms with van der Waals surface area (Å²) in [5.74, 6) is -3.25. The molecule has 2 rings (SSSR count). The number of hydrogen-bond acceptors (Lipinski definition) is 5. The molecule has 130 valence electrons. The van der Waals surface area contributed by atoms with Crippen LogP contribution in [0.15, 0.2) is 28.7 Å². The van der Waals surface area contributed by atoms with Crippen LogP contribution in [-0.4, -0.2) is 24.4 Å². The molecule has 0 unspecified atom stereocenters. The maximum Gasteiger partial charge on any atom is 0.276 e. The third kappa shape index (κ3) is 5.23. The number of carbonyl (C=O) groups excluding carboxylic acids is 3. The molecule has 24 heavy (non-hydrogen) atoms. The highest BCUT2D eigenvalue weighted by Crippen LogP contribution is 2.29. The molecule has 0 aliphatic heterocycles. The minimum absolute atomic E-state index is 0.267. The zero-order chi connectivity index (χ0) is 17.5. The number of aliphatic carboxylic acids is 1. The minimum Gasteiger partial charge on any atom is -0.550 e. The second-order valence-corrected chi connectivity index (χ2v) is 6.51. The zero-order valence-electron chi connectivity index (χ0n) is 12.9. The molecule has 1 fully saturated rings. The molecule has 1 aliphatic carbocycles. The van der Waals surface area contributed by atoms with Crippen molar-refractivity contribution in [1.82, 2.24) is 10.9 Å². The van der Waals surface area contributed by atoms with Crippen molar-refractivity contribution in [3.63, 3.8) is 0 Å². The predicted octanol–water partition coefficient (Wildman–Crippen LogP) is 0.532. The van der Waals surface area contributed by atoms with Gasteiger partial charge in [0.1, 0.15) is 5.75 Å². The maximum atomic E-state index is 12.1. The predicted molar refractivity (Wildman–Crippen MR) is 86.4 cm³/mol. The first-order valence-corrected chi connectivity index (χ1v) is 8.44. The van der Waals surface area contributed by atoms with E-state index in [1.807, 2.05) is 0 Å². The number of carboxylic acid groups (broad SMARTS) is 1. The van der Waals surface area contributed by atoms with E-state index in [0.717, 1.165) is 17.3 Å². The van der Waals surface area contributed by atoms with E-state index >= 15 is 0 Å². The van der Waals surface area contributed by atoms with E-state index in [0.29, 0.717) is 18.6 Å². The van der Waals surface area contributed by atoms with Gasteiger partial charge in [0.25, 0.3) is 5.91 Å². The van der Waals surface area contributed by atoms with Gasteiger partial charge in [-0.05, 0) is 37.1 Å². The van der Waals surface area contributed by atoms with Gasteiger partial charge >= 0.3 is 0 Å². The SMILES string of the molecule is O=C(COc1ccc(Br)cc1)NNC(=O)[C@H]1CCCC[C@H]1C(=O)[O-]. The summed E-state index contributed by atoms with van der Waals surface area (Å²) in [6.07, 6.45) is 2.43. The lowest BCUT2D eigenvalue weighted by Crippen LogP contribution is -2.50. The molecule has 2 atom stereocenters. The van der Waals surface area contributed by atoms with Crippen LogP contribution in [0.4, 0.5) is 0 Å². The van der Waals surface area contributed by atoms with E-state index in [-0.39, 0.29) is 6.61 Å². The Morgan fingerprint density at radius 3 is 2.33 bits per heavy atom. The number of carbonyl (C=O) groups is 3.